The van der Waals surface area contributed by atoms with E-state index in [2.05, 4.69) is 35.7 Å². The standard InChI is InChI=1S/C17H25NOS/c1-19-16-7-2-6-15-14(16)5-3-8-17(15)9-11-18(13-17)10-4-12-20/h2,6-7,20H,3-5,8-13H2,1H3. The lowest BCUT2D eigenvalue weighted by Crippen LogP contribution is -2.35. The fourth-order valence-corrected chi connectivity index (χ4v) is 4.26. The minimum atomic E-state index is 0.388. The van der Waals surface area contributed by atoms with Crippen molar-refractivity contribution in [3.8, 4) is 5.75 Å². The molecule has 2 aliphatic rings. The Morgan fingerprint density at radius 2 is 2.25 bits per heavy atom. The van der Waals surface area contributed by atoms with Gasteiger partial charge in [0.1, 0.15) is 5.75 Å². The molecule has 0 bridgehead atoms. The van der Waals surface area contributed by atoms with Crippen LogP contribution in [0.3, 0.4) is 0 Å². The Bertz CT molecular complexity index is 476. The number of likely N-dealkylation sites (tertiary alicyclic amines) is 1. The summed E-state index contributed by atoms with van der Waals surface area (Å²) < 4.78 is 5.58. The number of hydrogen-bond donors (Lipinski definition) is 1. The van der Waals surface area contributed by atoms with E-state index in [1.54, 1.807) is 12.7 Å². The summed E-state index contributed by atoms with van der Waals surface area (Å²) in [5.41, 5.74) is 3.42. The van der Waals surface area contributed by atoms with Crippen molar-refractivity contribution in [3.63, 3.8) is 0 Å². The first-order valence-electron chi connectivity index (χ1n) is 7.79. The lowest BCUT2D eigenvalue weighted by molar-refractivity contribution is 0.292. The second kappa shape index (κ2) is 5.98. The summed E-state index contributed by atoms with van der Waals surface area (Å²) in [4.78, 5) is 2.63. The Hall–Kier alpha value is -0.670. The van der Waals surface area contributed by atoms with Crippen molar-refractivity contribution in [1.82, 2.24) is 4.90 Å². The third-order valence-electron chi connectivity index (χ3n) is 5.07. The number of nitrogens with zero attached hydrogens (tertiary/aromatic N) is 1. The number of ether oxygens (including phenoxy) is 1. The molecular weight excluding hydrogens is 266 g/mol. The number of benzene rings is 1. The lowest BCUT2D eigenvalue weighted by Gasteiger charge is -2.36. The van der Waals surface area contributed by atoms with E-state index in [4.69, 9.17) is 4.74 Å². The van der Waals surface area contributed by atoms with Crippen LogP contribution in [0.2, 0.25) is 0 Å². The van der Waals surface area contributed by atoms with Gasteiger partial charge in [0.25, 0.3) is 0 Å². The highest BCUT2D eigenvalue weighted by molar-refractivity contribution is 7.80. The molecule has 0 N–H and O–H groups in total. The van der Waals surface area contributed by atoms with Crippen LogP contribution in [0.4, 0.5) is 0 Å². The van der Waals surface area contributed by atoms with Gasteiger partial charge in [-0.1, -0.05) is 12.1 Å². The molecule has 110 valence electrons. The van der Waals surface area contributed by atoms with E-state index in [1.165, 1.54) is 57.3 Å². The molecule has 1 aromatic rings. The van der Waals surface area contributed by atoms with E-state index < -0.39 is 0 Å². The van der Waals surface area contributed by atoms with E-state index in [-0.39, 0.29) is 0 Å². The third-order valence-corrected chi connectivity index (χ3v) is 5.39. The molecule has 0 saturated carbocycles. The molecule has 0 aromatic heterocycles. The number of hydrogen-bond acceptors (Lipinski definition) is 3. The summed E-state index contributed by atoms with van der Waals surface area (Å²) in [5, 5.41) is 0. The normalized spacial score (nSPS) is 25.9. The molecule has 3 rings (SSSR count). The van der Waals surface area contributed by atoms with E-state index in [1.807, 2.05) is 0 Å². The number of thiol groups is 1. The molecule has 1 aliphatic heterocycles. The van der Waals surface area contributed by atoms with Crippen molar-refractivity contribution in [2.75, 3.05) is 32.5 Å². The molecule has 1 atom stereocenters. The SMILES string of the molecule is COc1cccc2c1CCCC21CCN(CCCS)C1. The topological polar surface area (TPSA) is 12.5 Å². The van der Waals surface area contributed by atoms with Crippen LogP contribution in [0.25, 0.3) is 0 Å². The van der Waals surface area contributed by atoms with Crippen molar-refractivity contribution < 1.29 is 4.74 Å². The van der Waals surface area contributed by atoms with Crippen LogP contribution in [-0.4, -0.2) is 37.4 Å². The molecule has 20 heavy (non-hydrogen) atoms. The highest BCUT2D eigenvalue weighted by Crippen LogP contribution is 2.46. The zero-order valence-corrected chi connectivity index (χ0v) is 13.3. The molecule has 1 aromatic carbocycles. The number of rotatable bonds is 4. The number of methoxy groups -OCH3 is 1. The van der Waals surface area contributed by atoms with Gasteiger partial charge in [0, 0.05) is 12.0 Å². The summed E-state index contributed by atoms with van der Waals surface area (Å²) in [6, 6.07) is 6.63. The Kier molecular flexibility index (Phi) is 4.27. The van der Waals surface area contributed by atoms with Gasteiger partial charge in [-0.15, -0.1) is 0 Å². The van der Waals surface area contributed by atoms with Crippen LogP contribution >= 0.6 is 12.6 Å². The fourth-order valence-electron chi connectivity index (χ4n) is 4.12. The van der Waals surface area contributed by atoms with Gasteiger partial charge in [0.05, 0.1) is 7.11 Å². The summed E-state index contributed by atoms with van der Waals surface area (Å²) >= 11 is 4.34. The molecule has 1 saturated heterocycles. The maximum Gasteiger partial charge on any atom is 0.122 e. The van der Waals surface area contributed by atoms with Crippen LogP contribution < -0.4 is 4.74 Å². The van der Waals surface area contributed by atoms with Gasteiger partial charge < -0.3 is 9.64 Å². The molecule has 0 amide bonds. The predicted molar refractivity (Wildman–Crippen MR) is 87.1 cm³/mol. The Morgan fingerprint density at radius 1 is 1.35 bits per heavy atom. The minimum Gasteiger partial charge on any atom is -0.496 e. The molecule has 0 radical (unpaired) electrons. The van der Waals surface area contributed by atoms with E-state index >= 15 is 0 Å². The van der Waals surface area contributed by atoms with E-state index in [0.717, 1.165) is 11.5 Å². The maximum absolute atomic E-state index is 5.58. The van der Waals surface area contributed by atoms with Crippen molar-refractivity contribution in [3.05, 3.63) is 29.3 Å². The Balaban J connectivity index is 1.87. The predicted octanol–water partition coefficient (Wildman–Crippen LogP) is 3.29. The van der Waals surface area contributed by atoms with E-state index in [0.29, 0.717) is 5.41 Å². The third kappa shape index (κ3) is 2.46. The first-order chi connectivity index (χ1) is 9.79. The molecule has 1 unspecified atom stereocenters. The van der Waals surface area contributed by atoms with Crippen molar-refractivity contribution in [2.45, 2.75) is 37.5 Å². The summed E-state index contributed by atoms with van der Waals surface area (Å²) in [6.07, 6.45) is 6.32. The smallest absolute Gasteiger partial charge is 0.122 e. The van der Waals surface area contributed by atoms with Gasteiger partial charge in [-0.05, 0) is 68.1 Å². The molecule has 1 fully saturated rings. The Morgan fingerprint density at radius 3 is 3.05 bits per heavy atom. The highest BCUT2D eigenvalue weighted by Gasteiger charge is 2.42. The van der Waals surface area contributed by atoms with Crippen LogP contribution in [0.15, 0.2) is 18.2 Å². The molecule has 1 spiro atoms. The largest absolute Gasteiger partial charge is 0.496 e. The Labute approximate surface area is 127 Å². The fraction of sp³-hybridized carbons (Fsp3) is 0.647. The average molecular weight is 291 g/mol. The van der Waals surface area contributed by atoms with Gasteiger partial charge in [-0.3, -0.25) is 0 Å². The van der Waals surface area contributed by atoms with E-state index in [9.17, 15) is 0 Å². The zero-order valence-electron chi connectivity index (χ0n) is 12.4. The molecule has 3 heteroatoms. The first-order valence-corrected chi connectivity index (χ1v) is 8.42. The molecule has 1 heterocycles. The van der Waals surface area contributed by atoms with Gasteiger partial charge in [0.15, 0.2) is 0 Å². The number of fused-ring (bicyclic) bond motifs is 2. The minimum absolute atomic E-state index is 0.388. The summed E-state index contributed by atoms with van der Waals surface area (Å²) in [5.74, 6) is 2.09. The van der Waals surface area contributed by atoms with Crippen LogP contribution in [0.5, 0.6) is 5.75 Å². The maximum atomic E-state index is 5.58. The quantitative estimate of drug-likeness (QED) is 0.855. The van der Waals surface area contributed by atoms with Crippen molar-refractivity contribution in [1.29, 1.82) is 0 Å². The second-order valence-corrected chi connectivity index (χ2v) is 6.67. The van der Waals surface area contributed by atoms with Gasteiger partial charge in [-0.25, -0.2) is 0 Å². The average Bonchev–Trinajstić information content (AvgIpc) is 2.89. The van der Waals surface area contributed by atoms with Crippen LogP contribution in [-0.2, 0) is 11.8 Å². The van der Waals surface area contributed by atoms with Crippen molar-refractivity contribution >= 4 is 12.6 Å². The van der Waals surface area contributed by atoms with Gasteiger partial charge in [0.2, 0.25) is 0 Å². The lowest BCUT2D eigenvalue weighted by atomic mass is 9.69. The summed E-state index contributed by atoms with van der Waals surface area (Å²) in [6.45, 7) is 3.66. The van der Waals surface area contributed by atoms with Gasteiger partial charge in [-0.2, -0.15) is 12.6 Å². The first kappa shape index (κ1) is 14.3. The highest BCUT2D eigenvalue weighted by atomic mass is 32.1. The van der Waals surface area contributed by atoms with Gasteiger partial charge >= 0.3 is 0 Å². The van der Waals surface area contributed by atoms with Crippen molar-refractivity contribution in [2.24, 2.45) is 0 Å². The molecule has 1 aliphatic carbocycles. The second-order valence-electron chi connectivity index (χ2n) is 6.22. The molecular formula is C17H25NOS. The monoisotopic (exact) mass is 291 g/mol. The summed E-state index contributed by atoms with van der Waals surface area (Å²) in [7, 11) is 1.80. The van der Waals surface area contributed by atoms with Crippen LogP contribution in [0.1, 0.15) is 36.8 Å². The zero-order chi connectivity index (χ0) is 14.0. The molecule has 2 nitrogen and oxygen atoms in total. The van der Waals surface area contributed by atoms with Crippen LogP contribution in [0, 0.1) is 0 Å².